The van der Waals surface area contributed by atoms with E-state index in [0.29, 0.717) is 11.3 Å². The molecule has 1 aromatic rings. The second-order valence-electron chi connectivity index (χ2n) is 3.78. The highest BCUT2D eigenvalue weighted by Gasteiger charge is 2.10. The SMILES string of the molecule is COC(C)COC(=O)c1cc(C)cc(N)c1. The number of methoxy groups -OCH3 is 1. The van der Waals surface area contributed by atoms with E-state index in [0.717, 1.165) is 5.56 Å². The van der Waals surface area contributed by atoms with Crippen molar-refractivity contribution in [1.29, 1.82) is 0 Å². The normalized spacial score (nSPS) is 12.2. The molecule has 1 atom stereocenters. The van der Waals surface area contributed by atoms with Crippen molar-refractivity contribution in [2.24, 2.45) is 0 Å². The topological polar surface area (TPSA) is 61.5 Å². The predicted octanol–water partition coefficient (Wildman–Crippen LogP) is 1.77. The summed E-state index contributed by atoms with van der Waals surface area (Å²) in [6.07, 6.45) is -0.105. The van der Waals surface area contributed by atoms with Crippen molar-refractivity contribution >= 4 is 11.7 Å². The zero-order valence-electron chi connectivity index (χ0n) is 9.82. The average Bonchev–Trinajstić information content (AvgIpc) is 2.23. The van der Waals surface area contributed by atoms with E-state index in [1.165, 1.54) is 0 Å². The number of aryl methyl sites for hydroxylation is 1. The van der Waals surface area contributed by atoms with Gasteiger partial charge in [0.15, 0.2) is 0 Å². The van der Waals surface area contributed by atoms with Crippen LogP contribution in [0.5, 0.6) is 0 Å². The van der Waals surface area contributed by atoms with E-state index in [1.54, 1.807) is 25.3 Å². The molecule has 1 aromatic carbocycles. The zero-order valence-corrected chi connectivity index (χ0v) is 9.82. The number of carbonyl (C=O) groups is 1. The summed E-state index contributed by atoms with van der Waals surface area (Å²) in [4.78, 5) is 11.6. The highest BCUT2D eigenvalue weighted by molar-refractivity contribution is 5.90. The molecular formula is C12H17NO3. The van der Waals surface area contributed by atoms with E-state index >= 15 is 0 Å². The van der Waals surface area contributed by atoms with Crippen LogP contribution in [0.4, 0.5) is 5.69 Å². The van der Waals surface area contributed by atoms with Gasteiger partial charge in [0.1, 0.15) is 6.61 Å². The molecule has 0 aromatic heterocycles. The fourth-order valence-electron chi connectivity index (χ4n) is 1.27. The molecular weight excluding hydrogens is 206 g/mol. The van der Waals surface area contributed by atoms with E-state index < -0.39 is 0 Å². The predicted molar refractivity (Wildman–Crippen MR) is 62.3 cm³/mol. The smallest absolute Gasteiger partial charge is 0.338 e. The first-order chi connectivity index (χ1) is 7.52. The molecule has 88 valence electrons. The van der Waals surface area contributed by atoms with Gasteiger partial charge in [-0.25, -0.2) is 4.79 Å². The number of benzene rings is 1. The summed E-state index contributed by atoms with van der Waals surface area (Å²) in [5.74, 6) is -0.376. The Balaban J connectivity index is 2.66. The number of nitrogens with two attached hydrogens (primary N) is 1. The number of hydrogen-bond acceptors (Lipinski definition) is 4. The van der Waals surface area contributed by atoms with Gasteiger partial charge in [-0.2, -0.15) is 0 Å². The van der Waals surface area contributed by atoms with Gasteiger partial charge in [-0.3, -0.25) is 0 Å². The minimum absolute atomic E-state index is 0.105. The van der Waals surface area contributed by atoms with Crippen LogP contribution in [0.2, 0.25) is 0 Å². The molecule has 4 nitrogen and oxygen atoms in total. The fourth-order valence-corrected chi connectivity index (χ4v) is 1.27. The Kier molecular flexibility index (Phi) is 4.31. The van der Waals surface area contributed by atoms with Crippen LogP contribution in [0, 0.1) is 6.92 Å². The molecule has 0 amide bonds. The van der Waals surface area contributed by atoms with Gasteiger partial charge < -0.3 is 15.2 Å². The zero-order chi connectivity index (χ0) is 12.1. The van der Waals surface area contributed by atoms with E-state index in [-0.39, 0.29) is 18.7 Å². The second kappa shape index (κ2) is 5.51. The Labute approximate surface area is 95.3 Å². The maximum atomic E-state index is 11.6. The number of rotatable bonds is 4. The lowest BCUT2D eigenvalue weighted by Gasteiger charge is -2.10. The highest BCUT2D eigenvalue weighted by Crippen LogP contribution is 2.12. The van der Waals surface area contributed by atoms with Crippen molar-refractivity contribution in [3.63, 3.8) is 0 Å². The van der Waals surface area contributed by atoms with E-state index in [2.05, 4.69) is 0 Å². The van der Waals surface area contributed by atoms with Crippen molar-refractivity contribution in [3.05, 3.63) is 29.3 Å². The summed E-state index contributed by atoms with van der Waals surface area (Å²) in [7, 11) is 1.57. The second-order valence-corrected chi connectivity index (χ2v) is 3.78. The molecule has 0 spiro atoms. The molecule has 2 N–H and O–H groups in total. The fraction of sp³-hybridized carbons (Fsp3) is 0.417. The number of anilines is 1. The van der Waals surface area contributed by atoms with E-state index in [1.807, 2.05) is 13.8 Å². The molecule has 0 saturated carbocycles. The van der Waals surface area contributed by atoms with Crippen LogP contribution in [-0.4, -0.2) is 25.8 Å². The Morgan fingerprint density at radius 1 is 1.44 bits per heavy atom. The third-order valence-electron chi connectivity index (χ3n) is 2.19. The maximum Gasteiger partial charge on any atom is 0.338 e. The first-order valence-corrected chi connectivity index (χ1v) is 5.10. The van der Waals surface area contributed by atoms with Crippen LogP contribution in [0.1, 0.15) is 22.8 Å². The van der Waals surface area contributed by atoms with Gasteiger partial charge in [0.05, 0.1) is 11.7 Å². The summed E-state index contributed by atoms with van der Waals surface area (Å²) in [5, 5.41) is 0. The minimum Gasteiger partial charge on any atom is -0.459 e. The van der Waals surface area contributed by atoms with Gasteiger partial charge in [-0.1, -0.05) is 0 Å². The van der Waals surface area contributed by atoms with E-state index in [9.17, 15) is 4.79 Å². The quantitative estimate of drug-likeness (QED) is 0.624. The van der Waals surface area contributed by atoms with Gasteiger partial charge in [0, 0.05) is 12.8 Å². The molecule has 0 aliphatic rings. The number of carbonyl (C=O) groups excluding carboxylic acids is 1. The van der Waals surface area contributed by atoms with Crippen LogP contribution in [-0.2, 0) is 9.47 Å². The molecule has 0 aliphatic carbocycles. The van der Waals surface area contributed by atoms with Crippen molar-refractivity contribution in [2.75, 3.05) is 19.5 Å². The molecule has 1 rings (SSSR count). The summed E-state index contributed by atoms with van der Waals surface area (Å²) in [6.45, 7) is 3.95. The highest BCUT2D eigenvalue weighted by atomic mass is 16.6. The minimum atomic E-state index is -0.376. The Morgan fingerprint density at radius 2 is 2.12 bits per heavy atom. The Hall–Kier alpha value is -1.55. The maximum absolute atomic E-state index is 11.6. The van der Waals surface area contributed by atoms with Crippen molar-refractivity contribution in [1.82, 2.24) is 0 Å². The van der Waals surface area contributed by atoms with Gasteiger partial charge in [-0.05, 0) is 37.6 Å². The average molecular weight is 223 g/mol. The first kappa shape index (κ1) is 12.5. The standard InChI is InChI=1S/C12H17NO3/c1-8-4-10(6-11(13)5-8)12(14)16-7-9(2)15-3/h4-6,9H,7,13H2,1-3H3. The van der Waals surface area contributed by atoms with Gasteiger partial charge >= 0.3 is 5.97 Å². The monoisotopic (exact) mass is 223 g/mol. The van der Waals surface area contributed by atoms with E-state index in [4.69, 9.17) is 15.2 Å². The Morgan fingerprint density at radius 3 is 2.69 bits per heavy atom. The van der Waals surface area contributed by atoms with Crippen LogP contribution < -0.4 is 5.73 Å². The molecule has 0 aliphatic heterocycles. The molecule has 0 saturated heterocycles. The molecule has 0 bridgehead atoms. The van der Waals surface area contributed by atoms with Crippen molar-refractivity contribution in [2.45, 2.75) is 20.0 Å². The lowest BCUT2D eigenvalue weighted by molar-refractivity contribution is 0.0169. The molecule has 1 unspecified atom stereocenters. The summed E-state index contributed by atoms with van der Waals surface area (Å²) in [5.41, 5.74) is 7.62. The molecule has 4 heteroatoms. The van der Waals surface area contributed by atoms with Crippen molar-refractivity contribution in [3.8, 4) is 0 Å². The number of ether oxygens (including phenoxy) is 2. The van der Waals surface area contributed by atoms with Crippen LogP contribution >= 0.6 is 0 Å². The number of hydrogen-bond donors (Lipinski definition) is 1. The largest absolute Gasteiger partial charge is 0.459 e. The third-order valence-corrected chi connectivity index (χ3v) is 2.19. The summed E-state index contributed by atoms with van der Waals surface area (Å²) >= 11 is 0. The van der Waals surface area contributed by atoms with Gasteiger partial charge in [0.2, 0.25) is 0 Å². The van der Waals surface area contributed by atoms with Gasteiger partial charge in [0.25, 0.3) is 0 Å². The van der Waals surface area contributed by atoms with Gasteiger partial charge in [-0.15, -0.1) is 0 Å². The lowest BCUT2D eigenvalue weighted by atomic mass is 10.1. The number of nitrogen functional groups attached to an aromatic ring is 1. The molecule has 0 radical (unpaired) electrons. The van der Waals surface area contributed by atoms with Crippen LogP contribution in [0.25, 0.3) is 0 Å². The van der Waals surface area contributed by atoms with Crippen molar-refractivity contribution < 1.29 is 14.3 Å². The molecule has 16 heavy (non-hydrogen) atoms. The first-order valence-electron chi connectivity index (χ1n) is 5.10. The third kappa shape index (κ3) is 3.55. The lowest BCUT2D eigenvalue weighted by Crippen LogP contribution is -2.17. The summed E-state index contributed by atoms with van der Waals surface area (Å²) < 4.78 is 10.1. The van der Waals surface area contributed by atoms with Crippen LogP contribution in [0.3, 0.4) is 0 Å². The number of esters is 1. The molecule has 0 fully saturated rings. The Bertz CT molecular complexity index is 356. The van der Waals surface area contributed by atoms with Crippen LogP contribution in [0.15, 0.2) is 18.2 Å². The molecule has 0 heterocycles. The summed E-state index contributed by atoms with van der Waals surface area (Å²) in [6, 6.07) is 5.15.